The second kappa shape index (κ2) is 9.99. The predicted octanol–water partition coefficient (Wildman–Crippen LogP) is 6.05. The molecule has 1 aliphatic carbocycles. The molecule has 0 saturated heterocycles. The molecule has 1 N–H and O–H groups in total. The SMILES string of the molecule is Cc1cc(C)nc(Sc2ccc(C=Nc3sc4c(c3C(=O)NCc3ccco3)CCCC4)o2)n1. The Bertz CT molecular complexity index is 1320. The van der Waals surface area contributed by atoms with Crippen LogP contribution in [0.25, 0.3) is 0 Å². The molecule has 0 unspecified atom stereocenters. The summed E-state index contributed by atoms with van der Waals surface area (Å²) in [6.07, 6.45) is 7.40. The van der Waals surface area contributed by atoms with Gasteiger partial charge in [0.15, 0.2) is 10.2 Å². The molecule has 1 aliphatic rings. The number of amides is 1. The molecule has 5 rings (SSSR count). The first-order valence-corrected chi connectivity index (χ1v) is 12.8. The maximum absolute atomic E-state index is 13.1. The van der Waals surface area contributed by atoms with Gasteiger partial charge >= 0.3 is 0 Å². The molecular weight excluding hydrogens is 468 g/mol. The van der Waals surface area contributed by atoms with Crippen LogP contribution in [0.1, 0.15) is 56.5 Å². The minimum absolute atomic E-state index is 0.120. The highest BCUT2D eigenvalue weighted by Gasteiger charge is 2.25. The number of fused-ring (bicyclic) bond motifs is 1. The third kappa shape index (κ3) is 5.15. The van der Waals surface area contributed by atoms with Crippen LogP contribution in [0.5, 0.6) is 0 Å². The molecule has 9 heteroatoms. The lowest BCUT2D eigenvalue weighted by Crippen LogP contribution is -2.23. The van der Waals surface area contributed by atoms with E-state index in [2.05, 4.69) is 20.3 Å². The summed E-state index contributed by atoms with van der Waals surface area (Å²) in [5, 5.41) is 5.03. The van der Waals surface area contributed by atoms with E-state index in [1.165, 1.54) is 16.6 Å². The first-order chi connectivity index (χ1) is 16.5. The highest BCUT2D eigenvalue weighted by atomic mass is 32.2. The number of aliphatic imine (C=N–C) groups is 1. The molecule has 0 aliphatic heterocycles. The van der Waals surface area contributed by atoms with Crippen molar-refractivity contribution in [3.05, 3.63) is 75.5 Å². The Hall–Kier alpha value is -3.17. The predicted molar refractivity (Wildman–Crippen MR) is 132 cm³/mol. The van der Waals surface area contributed by atoms with Crippen LogP contribution in [0.2, 0.25) is 0 Å². The van der Waals surface area contributed by atoms with Crippen molar-refractivity contribution in [1.82, 2.24) is 15.3 Å². The van der Waals surface area contributed by atoms with Gasteiger partial charge in [0.1, 0.15) is 16.5 Å². The summed E-state index contributed by atoms with van der Waals surface area (Å²) in [5.41, 5.74) is 3.64. The van der Waals surface area contributed by atoms with E-state index in [1.54, 1.807) is 23.8 Å². The monoisotopic (exact) mass is 492 g/mol. The molecule has 0 bridgehead atoms. The smallest absolute Gasteiger partial charge is 0.255 e. The van der Waals surface area contributed by atoms with E-state index in [9.17, 15) is 4.79 Å². The van der Waals surface area contributed by atoms with E-state index in [1.807, 2.05) is 44.2 Å². The number of thiophene rings is 1. The lowest BCUT2D eigenvalue weighted by atomic mass is 9.95. The number of aryl methyl sites for hydroxylation is 3. The molecule has 0 fully saturated rings. The molecule has 0 atom stereocenters. The van der Waals surface area contributed by atoms with E-state index >= 15 is 0 Å². The van der Waals surface area contributed by atoms with E-state index in [0.29, 0.717) is 33.1 Å². The maximum atomic E-state index is 13.1. The van der Waals surface area contributed by atoms with Crippen LogP contribution in [0, 0.1) is 13.8 Å². The number of hydrogen-bond donors (Lipinski definition) is 1. The molecule has 7 nitrogen and oxygen atoms in total. The van der Waals surface area contributed by atoms with Crippen molar-refractivity contribution in [3.63, 3.8) is 0 Å². The van der Waals surface area contributed by atoms with Gasteiger partial charge in [-0.25, -0.2) is 15.0 Å². The zero-order valence-corrected chi connectivity index (χ0v) is 20.6. The van der Waals surface area contributed by atoms with Crippen molar-refractivity contribution in [2.24, 2.45) is 4.99 Å². The highest BCUT2D eigenvalue weighted by molar-refractivity contribution is 7.99. The van der Waals surface area contributed by atoms with Gasteiger partial charge in [-0.15, -0.1) is 11.3 Å². The first kappa shape index (κ1) is 22.6. The Labute approximate surface area is 205 Å². The summed E-state index contributed by atoms with van der Waals surface area (Å²) >= 11 is 2.97. The van der Waals surface area contributed by atoms with Crippen molar-refractivity contribution in [3.8, 4) is 0 Å². The molecule has 0 spiro atoms. The van der Waals surface area contributed by atoms with Crippen LogP contribution in [-0.2, 0) is 19.4 Å². The number of nitrogens with one attached hydrogen (secondary N) is 1. The fourth-order valence-corrected chi connectivity index (χ4v) is 6.02. The maximum Gasteiger partial charge on any atom is 0.255 e. The van der Waals surface area contributed by atoms with E-state index < -0.39 is 0 Å². The van der Waals surface area contributed by atoms with Gasteiger partial charge in [-0.05, 0) is 87.2 Å². The van der Waals surface area contributed by atoms with Crippen molar-refractivity contribution < 1.29 is 13.6 Å². The summed E-state index contributed by atoms with van der Waals surface area (Å²) in [6.45, 7) is 4.24. The normalized spacial score (nSPS) is 13.4. The molecule has 4 heterocycles. The topological polar surface area (TPSA) is 93.5 Å². The lowest BCUT2D eigenvalue weighted by molar-refractivity contribution is 0.0948. The van der Waals surface area contributed by atoms with Gasteiger partial charge in [0.2, 0.25) is 0 Å². The van der Waals surface area contributed by atoms with E-state index in [4.69, 9.17) is 8.83 Å². The van der Waals surface area contributed by atoms with Crippen LogP contribution >= 0.6 is 23.1 Å². The quantitative estimate of drug-likeness (QED) is 0.249. The molecule has 0 saturated carbocycles. The fraction of sp³-hybridized carbons (Fsp3) is 0.280. The molecule has 4 aromatic rings. The molecule has 0 radical (unpaired) electrons. The van der Waals surface area contributed by atoms with Gasteiger partial charge in [0.25, 0.3) is 5.91 Å². The number of carbonyl (C=O) groups is 1. The molecule has 34 heavy (non-hydrogen) atoms. The van der Waals surface area contributed by atoms with E-state index in [-0.39, 0.29) is 5.91 Å². The number of hydrogen-bond acceptors (Lipinski definition) is 8. The largest absolute Gasteiger partial charge is 0.467 e. The minimum Gasteiger partial charge on any atom is -0.467 e. The van der Waals surface area contributed by atoms with Crippen LogP contribution < -0.4 is 5.32 Å². The molecule has 0 aromatic carbocycles. The van der Waals surface area contributed by atoms with Crippen molar-refractivity contribution in [2.75, 3.05) is 0 Å². The van der Waals surface area contributed by atoms with Gasteiger partial charge in [-0.2, -0.15) is 0 Å². The van der Waals surface area contributed by atoms with Crippen molar-refractivity contribution in [1.29, 1.82) is 0 Å². The number of aromatic nitrogens is 2. The third-order valence-corrected chi connectivity index (χ3v) is 7.43. The average Bonchev–Trinajstić information content (AvgIpc) is 3.55. The van der Waals surface area contributed by atoms with Gasteiger partial charge in [0, 0.05) is 16.3 Å². The van der Waals surface area contributed by atoms with Crippen LogP contribution in [0.15, 0.2) is 60.7 Å². The van der Waals surface area contributed by atoms with Gasteiger partial charge in [-0.3, -0.25) is 4.79 Å². The zero-order valence-electron chi connectivity index (χ0n) is 19.0. The number of furan rings is 2. The van der Waals surface area contributed by atoms with Crippen LogP contribution in [-0.4, -0.2) is 22.1 Å². The first-order valence-electron chi connectivity index (χ1n) is 11.1. The number of nitrogens with zero attached hydrogens (tertiary/aromatic N) is 3. The Morgan fingerprint density at radius 3 is 2.82 bits per heavy atom. The Kier molecular flexibility index (Phi) is 6.64. The summed E-state index contributed by atoms with van der Waals surface area (Å²) in [4.78, 5) is 27.9. The lowest BCUT2D eigenvalue weighted by Gasteiger charge is -2.12. The van der Waals surface area contributed by atoms with Crippen molar-refractivity contribution in [2.45, 2.75) is 56.3 Å². The molecular formula is C25H24N4O3S2. The molecule has 174 valence electrons. The Balaban J connectivity index is 1.35. The zero-order chi connectivity index (χ0) is 23.5. The fourth-order valence-electron chi connectivity index (χ4n) is 3.96. The number of rotatable bonds is 7. The number of carbonyl (C=O) groups excluding carboxylic acids is 1. The second-order valence-corrected chi connectivity index (χ2v) is 10.2. The van der Waals surface area contributed by atoms with Gasteiger partial charge < -0.3 is 14.2 Å². The standard InChI is InChI=1S/C25H24N4O3S2/c1-15-12-16(2)29-25(28-15)34-21-10-9-18(32-21)14-27-24-22(19-7-3-4-8-20(19)33-24)23(30)26-13-17-6-5-11-31-17/h5-6,9-12,14H,3-4,7-8,13H2,1-2H3,(H,26,30). The highest BCUT2D eigenvalue weighted by Crippen LogP contribution is 2.40. The molecule has 4 aromatic heterocycles. The third-order valence-electron chi connectivity index (χ3n) is 5.45. The minimum atomic E-state index is -0.120. The van der Waals surface area contributed by atoms with E-state index in [0.717, 1.165) is 48.4 Å². The Morgan fingerprint density at radius 1 is 1.21 bits per heavy atom. The Morgan fingerprint density at radius 2 is 2.03 bits per heavy atom. The second-order valence-electron chi connectivity index (χ2n) is 8.10. The summed E-state index contributed by atoms with van der Waals surface area (Å²) in [5.74, 6) is 1.21. The van der Waals surface area contributed by atoms with Crippen molar-refractivity contribution >= 4 is 40.2 Å². The summed E-state index contributed by atoms with van der Waals surface area (Å²) in [7, 11) is 0. The van der Waals surface area contributed by atoms with Gasteiger partial charge in [-0.1, -0.05) is 0 Å². The van der Waals surface area contributed by atoms with Crippen LogP contribution in [0.3, 0.4) is 0 Å². The van der Waals surface area contributed by atoms with Gasteiger partial charge in [0.05, 0.1) is 24.6 Å². The summed E-state index contributed by atoms with van der Waals surface area (Å²) < 4.78 is 11.3. The average molecular weight is 493 g/mol. The molecule has 1 amide bonds. The van der Waals surface area contributed by atoms with Crippen LogP contribution in [0.4, 0.5) is 5.00 Å². The summed E-state index contributed by atoms with van der Waals surface area (Å²) in [6, 6.07) is 9.33.